The van der Waals surface area contributed by atoms with Crippen LogP contribution in [-0.2, 0) is 14.3 Å². The Morgan fingerprint density at radius 1 is 1.50 bits per heavy atom. The summed E-state index contributed by atoms with van der Waals surface area (Å²) in [5, 5.41) is 2.58. The Bertz CT molecular complexity index is 256. The van der Waals surface area contributed by atoms with Crippen LogP contribution in [0.5, 0.6) is 0 Å². The number of likely N-dealkylation sites (tertiary alicyclic amines) is 1. The van der Waals surface area contributed by atoms with Crippen molar-refractivity contribution in [2.75, 3.05) is 33.3 Å². The third-order valence-electron chi connectivity index (χ3n) is 2.79. The van der Waals surface area contributed by atoms with Gasteiger partial charge in [0.1, 0.15) is 0 Å². The van der Waals surface area contributed by atoms with Crippen LogP contribution in [-0.4, -0.2) is 50.1 Å². The van der Waals surface area contributed by atoms with Gasteiger partial charge in [-0.1, -0.05) is 0 Å². The lowest BCUT2D eigenvalue weighted by Gasteiger charge is -2.10. The second kappa shape index (κ2) is 6.48. The number of carbonyl (C=O) groups is 2. The van der Waals surface area contributed by atoms with E-state index in [-0.39, 0.29) is 6.61 Å². The first-order valence-electron chi connectivity index (χ1n) is 5.77. The normalized spacial score (nSPS) is 20.8. The maximum Gasteiger partial charge on any atom is 0.396 e. The molecule has 0 aromatic heterocycles. The van der Waals surface area contributed by atoms with E-state index in [4.69, 9.17) is 0 Å². The summed E-state index contributed by atoms with van der Waals surface area (Å²) in [5.41, 5.74) is 0. The zero-order valence-electron chi connectivity index (χ0n) is 9.99. The summed E-state index contributed by atoms with van der Waals surface area (Å²) < 4.78 is 4.58. The molecule has 0 aliphatic carbocycles. The van der Waals surface area contributed by atoms with E-state index in [1.165, 1.54) is 6.42 Å². The van der Waals surface area contributed by atoms with Gasteiger partial charge < -0.3 is 15.0 Å². The van der Waals surface area contributed by atoms with E-state index < -0.39 is 11.9 Å². The smallest absolute Gasteiger partial charge is 0.396 e. The van der Waals surface area contributed by atoms with Crippen LogP contribution in [0.1, 0.15) is 19.8 Å². The minimum absolute atomic E-state index is 0.236. The molecule has 1 atom stereocenters. The number of nitrogens with zero attached hydrogens (tertiary/aromatic N) is 1. The molecule has 1 fully saturated rings. The van der Waals surface area contributed by atoms with Crippen LogP contribution in [0.4, 0.5) is 0 Å². The molecule has 0 aromatic rings. The predicted octanol–water partition coefficient (Wildman–Crippen LogP) is 0.00750. The zero-order chi connectivity index (χ0) is 12.0. The van der Waals surface area contributed by atoms with Gasteiger partial charge >= 0.3 is 11.9 Å². The molecule has 0 spiro atoms. The van der Waals surface area contributed by atoms with E-state index in [0.717, 1.165) is 19.5 Å². The monoisotopic (exact) mass is 228 g/mol. The number of amides is 1. The highest BCUT2D eigenvalue weighted by Gasteiger charge is 2.20. The standard InChI is InChI=1S/C11H20N2O3/c1-3-16-11(15)10(14)12-6-4-9-5-7-13(2)8-9/h9H,3-8H2,1-2H3,(H,12,14). The van der Waals surface area contributed by atoms with Crippen molar-refractivity contribution in [1.29, 1.82) is 0 Å². The molecule has 0 bridgehead atoms. The summed E-state index contributed by atoms with van der Waals surface area (Å²) in [4.78, 5) is 24.4. The quantitative estimate of drug-likeness (QED) is 0.544. The van der Waals surface area contributed by atoms with Crippen molar-refractivity contribution in [3.63, 3.8) is 0 Å². The molecule has 5 heteroatoms. The summed E-state index contributed by atoms with van der Waals surface area (Å²) in [6.07, 6.45) is 2.10. The van der Waals surface area contributed by atoms with Gasteiger partial charge in [0.05, 0.1) is 6.61 Å². The minimum Gasteiger partial charge on any atom is -0.459 e. The van der Waals surface area contributed by atoms with Gasteiger partial charge in [-0.25, -0.2) is 4.79 Å². The SMILES string of the molecule is CCOC(=O)C(=O)NCCC1CCN(C)C1. The highest BCUT2D eigenvalue weighted by molar-refractivity contribution is 6.32. The van der Waals surface area contributed by atoms with Crippen molar-refractivity contribution < 1.29 is 14.3 Å². The highest BCUT2D eigenvalue weighted by Crippen LogP contribution is 2.16. The van der Waals surface area contributed by atoms with Crippen LogP contribution >= 0.6 is 0 Å². The fourth-order valence-electron chi connectivity index (χ4n) is 1.92. The first kappa shape index (κ1) is 13.0. The molecule has 1 aliphatic rings. The molecule has 0 aromatic carbocycles. The Kier molecular flexibility index (Phi) is 5.25. The van der Waals surface area contributed by atoms with Crippen LogP contribution in [0.2, 0.25) is 0 Å². The number of rotatable bonds is 4. The van der Waals surface area contributed by atoms with E-state index in [0.29, 0.717) is 12.5 Å². The third-order valence-corrected chi connectivity index (χ3v) is 2.79. The van der Waals surface area contributed by atoms with Gasteiger partial charge in [0, 0.05) is 13.1 Å². The lowest BCUT2D eigenvalue weighted by Crippen LogP contribution is -2.34. The van der Waals surface area contributed by atoms with Crippen molar-refractivity contribution in [3.8, 4) is 0 Å². The molecule has 1 amide bonds. The van der Waals surface area contributed by atoms with Gasteiger partial charge in [0.25, 0.3) is 0 Å². The molecule has 16 heavy (non-hydrogen) atoms. The van der Waals surface area contributed by atoms with Crippen LogP contribution in [0.3, 0.4) is 0 Å². The first-order valence-corrected chi connectivity index (χ1v) is 5.77. The maximum absolute atomic E-state index is 11.2. The Hall–Kier alpha value is -1.10. The van der Waals surface area contributed by atoms with Crippen LogP contribution in [0.15, 0.2) is 0 Å². The number of ether oxygens (including phenoxy) is 1. The van der Waals surface area contributed by atoms with Gasteiger partial charge in [-0.05, 0) is 39.3 Å². The Morgan fingerprint density at radius 3 is 2.81 bits per heavy atom. The molecule has 1 unspecified atom stereocenters. The van der Waals surface area contributed by atoms with Gasteiger partial charge in [0.15, 0.2) is 0 Å². The van der Waals surface area contributed by atoms with E-state index in [9.17, 15) is 9.59 Å². The lowest BCUT2D eigenvalue weighted by atomic mass is 10.1. The van der Waals surface area contributed by atoms with Gasteiger partial charge in [0.2, 0.25) is 0 Å². The van der Waals surface area contributed by atoms with Crippen LogP contribution in [0, 0.1) is 5.92 Å². The van der Waals surface area contributed by atoms with E-state index >= 15 is 0 Å². The second-order valence-corrected chi connectivity index (χ2v) is 4.18. The Labute approximate surface area is 96.1 Å². The summed E-state index contributed by atoms with van der Waals surface area (Å²) in [5.74, 6) is -0.785. The van der Waals surface area contributed by atoms with Gasteiger partial charge in [-0.15, -0.1) is 0 Å². The van der Waals surface area contributed by atoms with Crippen molar-refractivity contribution in [2.45, 2.75) is 19.8 Å². The molecule has 0 saturated carbocycles. The third kappa shape index (κ3) is 4.18. The zero-order valence-corrected chi connectivity index (χ0v) is 9.99. The minimum atomic E-state index is -0.786. The molecule has 92 valence electrons. The first-order chi connectivity index (χ1) is 7.63. The van der Waals surface area contributed by atoms with Crippen LogP contribution < -0.4 is 5.32 Å². The molecular weight excluding hydrogens is 208 g/mol. The van der Waals surface area contributed by atoms with Crippen molar-refractivity contribution in [2.24, 2.45) is 5.92 Å². The number of carbonyl (C=O) groups excluding carboxylic acids is 2. The molecule has 1 heterocycles. The second-order valence-electron chi connectivity index (χ2n) is 4.18. The fourth-order valence-corrected chi connectivity index (χ4v) is 1.92. The molecule has 0 radical (unpaired) electrons. The van der Waals surface area contributed by atoms with Gasteiger partial charge in [-0.2, -0.15) is 0 Å². The van der Waals surface area contributed by atoms with Crippen molar-refractivity contribution >= 4 is 11.9 Å². The largest absolute Gasteiger partial charge is 0.459 e. The lowest BCUT2D eigenvalue weighted by molar-refractivity contribution is -0.154. The molecule has 5 nitrogen and oxygen atoms in total. The van der Waals surface area contributed by atoms with E-state index in [1.54, 1.807) is 6.92 Å². The summed E-state index contributed by atoms with van der Waals surface area (Å²) >= 11 is 0. The number of hydrogen-bond acceptors (Lipinski definition) is 4. The summed E-state index contributed by atoms with van der Waals surface area (Å²) in [6, 6.07) is 0. The van der Waals surface area contributed by atoms with Crippen molar-refractivity contribution in [1.82, 2.24) is 10.2 Å². The number of esters is 1. The maximum atomic E-state index is 11.2. The average molecular weight is 228 g/mol. The van der Waals surface area contributed by atoms with E-state index in [1.807, 2.05) is 0 Å². The highest BCUT2D eigenvalue weighted by atomic mass is 16.5. The van der Waals surface area contributed by atoms with Crippen LogP contribution in [0.25, 0.3) is 0 Å². The Morgan fingerprint density at radius 2 is 2.25 bits per heavy atom. The predicted molar refractivity (Wildman–Crippen MR) is 59.9 cm³/mol. The molecule has 1 aliphatic heterocycles. The molecular formula is C11H20N2O3. The summed E-state index contributed by atoms with van der Waals surface area (Å²) in [6.45, 7) is 4.67. The number of nitrogens with one attached hydrogen (secondary N) is 1. The molecule has 1 saturated heterocycles. The molecule has 1 N–H and O–H groups in total. The van der Waals surface area contributed by atoms with Gasteiger partial charge in [-0.3, -0.25) is 4.79 Å². The topological polar surface area (TPSA) is 58.6 Å². The van der Waals surface area contributed by atoms with Crippen molar-refractivity contribution in [3.05, 3.63) is 0 Å². The molecule has 1 rings (SSSR count). The van der Waals surface area contributed by atoms with E-state index in [2.05, 4.69) is 22.0 Å². The fraction of sp³-hybridized carbons (Fsp3) is 0.818. The average Bonchev–Trinajstić information content (AvgIpc) is 2.64. The Balaban J connectivity index is 2.11. The number of hydrogen-bond donors (Lipinski definition) is 1. The summed E-state index contributed by atoms with van der Waals surface area (Å²) in [7, 11) is 2.09.